The third kappa shape index (κ3) is 1.70. The maximum atomic E-state index is 5.72. The normalized spacial score (nSPS) is 10.9. The van der Waals surface area contributed by atoms with Crippen molar-refractivity contribution in [3.63, 3.8) is 0 Å². The fourth-order valence-corrected chi connectivity index (χ4v) is 1.71. The minimum atomic E-state index is 0.753. The second-order valence-electron chi connectivity index (χ2n) is 3.54. The number of ether oxygens (including phenoxy) is 1. The summed E-state index contributed by atoms with van der Waals surface area (Å²) in [6.07, 6.45) is 0. The fraction of sp³-hybridized carbons (Fsp3) is 0.333. The van der Waals surface area contributed by atoms with E-state index >= 15 is 0 Å². The molecule has 3 nitrogen and oxygen atoms in total. The molecule has 0 saturated heterocycles. The smallest absolute Gasteiger partial charge is 0.134 e. The second kappa shape index (κ2) is 3.95. The minimum absolute atomic E-state index is 0.753. The highest BCUT2D eigenvalue weighted by Crippen LogP contribution is 2.28. The van der Waals surface area contributed by atoms with Crippen molar-refractivity contribution in [2.75, 3.05) is 14.2 Å². The molecule has 0 atom stereocenters. The van der Waals surface area contributed by atoms with Gasteiger partial charge in [-0.1, -0.05) is 0 Å². The van der Waals surface area contributed by atoms with E-state index in [9.17, 15) is 0 Å². The zero-order chi connectivity index (χ0) is 10.8. The predicted molar refractivity (Wildman–Crippen MR) is 60.3 cm³/mol. The van der Waals surface area contributed by atoms with Crippen molar-refractivity contribution < 1.29 is 9.15 Å². The Morgan fingerprint density at radius 3 is 2.87 bits per heavy atom. The number of rotatable bonds is 3. The van der Waals surface area contributed by atoms with Gasteiger partial charge in [0.25, 0.3) is 0 Å². The van der Waals surface area contributed by atoms with Crippen LogP contribution in [-0.4, -0.2) is 14.2 Å². The van der Waals surface area contributed by atoms with Gasteiger partial charge in [-0.3, -0.25) is 0 Å². The van der Waals surface area contributed by atoms with Gasteiger partial charge in [0.2, 0.25) is 0 Å². The van der Waals surface area contributed by atoms with Crippen molar-refractivity contribution in [3.05, 3.63) is 29.5 Å². The van der Waals surface area contributed by atoms with Crippen molar-refractivity contribution in [1.29, 1.82) is 0 Å². The van der Waals surface area contributed by atoms with Crippen LogP contribution in [0.5, 0.6) is 5.75 Å². The molecule has 0 radical (unpaired) electrons. The predicted octanol–water partition coefficient (Wildman–Crippen LogP) is 2.47. The average Bonchev–Trinajstić information content (AvgIpc) is 2.56. The maximum Gasteiger partial charge on any atom is 0.134 e. The summed E-state index contributed by atoms with van der Waals surface area (Å²) >= 11 is 0. The molecule has 0 bridgehead atoms. The summed E-state index contributed by atoms with van der Waals surface area (Å²) in [7, 11) is 3.58. The molecule has 1 heterocycles. The van der Waals surface area contributed by atoms with E-state index < -0.39 is 0 Å². The minimum Gasteiger partial charge on any atom is -0.497 e. The van der Waals surface area contributed by atoms with E-state index in [1.165, 1.54) is 5.56 Å². The Kier molecular flexibility index (Phi) is 2.64. The summed E-state index contributed by atoms with van der Waals surface area (Å²) in [5, 5.41) is 4.21. The molecule has 0 aliphatic carbocycles. The number of hydrogen-bond acceptors (Lipinski definition) is 3. The molecule has 2 aromatic rings. The van der Waals surface area contributed by atoms with Crippen LogP contribution in [0.4, 0.5) is 0 Å². The molecule has 0 amide bonds. The number of nitrogens with one attached hydrogen (secondary N) is 1. The van der Waals surface area contributed by atoms with Crippen LogP contribution in [0.1, 0.15) is 11.3 Å². The summed E-state index contributed by atoms with van der Waals surface area (Å²) in [4.78, 5) is 0. The Bertz CT molecular complexity index is 474. The Morgan fingerprint density at radius 2 is 2.20 bits per heavy atom. The van der Waals surface area contributed by atoms with Crippen molar-refractivity contribution in [3.8, 4) is 5.75 Å². The highest BCUT2D eigenvalue weighted by Gasteiger charge is 2.09. The molecule has 0 aliphatic heterocycles. The number of fused-ring (bicyclic) bond motifs is 1. The van der Waals surface area contributed by atoms with Crippen LogP contribution in [-0.2, 0) is 6.54 Å². The highest BCUT2D eigenvalue weighted by molar-refractivity contribution is 5.83. The zero-order valence-electron chi connectivity index (χ0n) is 9.26. The molecule has 0 spiro atoms. The van der Waals surface area contributed by atoms with Gasteiger partial charge >= 0.3 is 0 Å². The lowest BCUT2D eigenvalue weighted by atomic mass is 10.1. The van der Waals surface area contributed by atoms with Crippen molar-refractivity contribution in [2.45, 2.75) is 13.5 Å². The number of aryl methyl sites for hydroxylation is 1. The van der Waals surface area contributed by atoms with Crippen LogP contribution in [0.2, 0.25) is 0 Å². The van der Waals surface area contributed by atoms with E-state index in [4.69, 9.17) is 9.15 Å². The molecule has 1 aromatic carbocycles. The highest BCUT2D eigenvalue weighted by atomic mass is 16.5. The average molecular weight is 205 g/mol. The van der Waals surface area contributed by atoms with Crippen molar-refractivity contribution >= 4 is 11.0 Å². The van der Waals surface area contributed by atoms with E-state index in [0.29, 0.717) is 0 Å². The molecule has 0 fully saturated rings. The third-order valence-electron chi connectivity index (χ3n) is 2.58. The fourth-order valence-electron chi connectivity index (χ4n) is 1.71. The van der Waals surface area contributed by atoms with E-state index in [-0.39, 0.29) is 0 Å². The van der Waals surface area contributed by atoms with Gasteiger partial charge in [0.15, 0.2) is 0 Å². The van der Waals surface area contributed by atoms with Gasteiger partial charge in [0.05, 0.1) is 13.7 Å². The largest absolute Gasteiger partial charge is 0.497 e. The van der Waals surface area contributed by atoms with Gasteiger partial charge in [-0.2, -0.15) is 0 Å². The van der Waals surface area contributed by atoms with Gasteiger partial charge in [0.1, 0.15) is 17.1 Å². The second-order valence-corrected chi connectivity index (χ2v) is 3.54. The molecule has 3 heteroatoms. The third-order valence-corrected chi connectivity index (χ3v) is 2.58. The van der Waals surface area contributed by atoms with E-state index in [1.807, 2.05) is 25.2 Å². The SMILES string of the molecule is CNCc1oc2ccc(OC)cc2c1C. The quantitative estimate of drug-likeness (QED) is 0.835. The summed E-state index contributed by atoms with van der Waals surface area (Å²) in [6, 6.07) is 5.86. The van der Waals surface area contributed by atoms with Gasteiger partial charge in [0, 0.05) is 5.39 Å². The molecule has 0 saturated carbocycles. The summed E-state index contributed by atoms with van der Waals surface area (Å²) in [5.41, 5.74) is 2.09. The number of hydrogen-bond donors (Lipinski definition) is 1. The van der Waals surface area contributed by atoms with Gasteiger partial charge in [-0.05, 0) is 37.7 Å². The first-order chi connectivity index (χ1) is 7.26. The molecule has 0 unspecified atom stereocenters. The Labute approximate surface area is 89.0 Å². The first-order valence-corrected chi connectivity index (χ1v) is 4.97. The molecular formula is C12H15NO2. The van der Waals surface area contributed by atoms with Crippen LogP contribution in [0.3, 0.4) is 0 Å². The Balaban J connectivity index is 2.56. The summed E-state index contributed by atoms with van der Waals surface area (Å²) in [6.45, 7) is 2.82. The number of methoxy groups -OCH3 is 1. The van der Waals surface area contributed by atoms with Crippen LogP contribution in [0.25, 0.3) is 11.0 Å². The lowest BCUT2D eigenvalue weighted by Crippen LogP contribution is -2.04. The van der Waals surface area contributed by atoms with Gasteiger partial charge in [-0.15, -0.1) is 0 Å². The van der Waals surface area contributed by atoms with Crippen LogP contribution in [0, 0.1) is 6.92 Å². The standard InChI is InChI=1S/C12H15NO2/c1-8-10-6-9(14-3)4-5-11(10)15-12(8)7-13-2/h4-6,13H,7H2,1-3H3. The zero-order valence-corrected chi connectivity index (χ0v) is 9.26. The lowest BCUT2D eigenvalue weighted by molar-refractivity contribution is 0.415. The van der Waals surface area contributed by atoms with Gasteiger partial charge in [-0.25, -0.2) is 0 Å². The molecular weight excluding hydrogens is 190 g/mol. The van der Waals surface area contributed by atoms with Crippen LogP contribution >= 0.6 is 0 Å². The first kappa shape index (κ1) is 10.1. The van der Waals surface area contributed by atoms with Crippen molar-refractivity contribution in [2.24, 2.45) is 0 Å². The number of benzene rings is 1. The molecule has 1 aromatic heterocycles. The topological polar surface area (TPSA) is 34.4 Å². The van der Waals surface area contributed by atoms with Crippen LogP contribution < -0.4 is 10.1 Å². The molecule has 0 aliphatic rings. The van der Waals surface area contributed by atoms with Crippen molar-refractivity contribution in [1.82, 2.24) is 5.32 Å². The molecule has 2 rings (SSSR count). The van der Waals surface area contributed by atoms with E-state index in [1.54, 1.807) is 7.11 Å². The van der Waals surface area contributed by atoms with Crippen LogP contribution in [0.15, 0.2) is 22.6 Å². The van der Waals surface area contributed by atoms with E-state index in [2.05, 4.69) is 12.2 Å². The Hall–Kier alpha value is -1.48. The maximum absolute atomic E-state index is 5.72. The Morgan fingerprint density at radius 1 is 1.40 bits per heavy atom. The monoisotopic (exact) mass is 205 g/mol. The summed E-state index contributed by atoms with van der Waals surface area (Å²) in [5.74, 6) is 1.85. The molecule has 1 N–H and O–H groups in total. The number of furan rings is 1. The molecule has 15 heavy (non-hydrogen) atoms. The van der Waals surface area contributed by atoms with Gasteiger partial charge < -0.3 is 14.5 Å². The lowest BCUT2D eigenvalue weighted by Gasteiger charge is -1.98. The van der Waals surface area contributed by atoms with E-state index in [0.717, 1.165) is 29.0 Å². The first-order valence-electron chi connectivity index (χ1n) is 4.97. The summed E-state index contributed by atoms with van der Waals surface area (Å²) < 4.78 is 10.9. The molecule has 80 valence electrons.